The van der Waals surface area contributed by atoms with Crippen molar-refractivity contribution in [2.24, 2.45) is 5.92 Å². The molecule has 5 rings (SSSR count). The maximum atomic E-state index is 13.1. The van der Waals surface area contributed by atoms with Crippen LogP contribution in [-0.4, -0.2) is 65.1 Å². The van der Waals surface area contributed by atoms with Crippen LogP contribution >= 0.6 is 0 Å². The maximum Gasteiger partial charge on any atom is 0.241 e. The number of carbonyl (C=O) groups excluding carboxylic acids is 1. The largest absolute Gasteiger partial charge is 0.368 e. The van der Waals surface area contributed by atoms with Crippen LogP contribution in [0.4, 0.5) is 5.69 Å². The quantitative estimate of drug-likeness (QED) is 0.618. The number of aromatic nitrogens is 2. The predicted molar refractivity (Wildman–Crippen MR) is 123 cm³/mol. The average molecular weight is 432 g/mol. The van der Waals surface area contributed by atoms with E-state index in [1.807, 2.05) is 36.4 Å². The molecule has 1 amide bonds. The molecule has 0 saturated carbocycles. The monoisotopic (exact) mass is 431 g/mol. The molecular weight excluding hydrogens is 402 g/mol. The van der Waals surface area contributed by atoms with Crippen LogP contribution in [0.2, 0.25) is 0 Å². The molecule has 0 radical (unpaired) electrons. The van der Waals surface area contributed by atoms with Gasteiger partial charge < -0.3 is 14.3 Å². The summed E-state index contributed by atoms with van der Waals surface area (Å²) >= 11 is 0. The number of anilines is 1. The Morgan fingerprint density at radius 2 is 1.53 bits per heavy atom. The van der Waals surface area contributed by atoms with Gasteiger partial charge in [0.15, 0.2) is 0 Å². The minimum absolute atomic E-state index is 0.122. The topological polar surface area (TPSA) is 65.7 Å². The second kappa shape index (κ2) is 9.53. The zero-order valence-electron chi connectivity index (χ0n) is 18.3. The van der Waals surface area contributed by atoms with Gasteiger partial charge in [0.25, 0.3) is 0 Å². The van der Waals surface area contributed by atoms with Crippen LogP contribution in [0.5, 0.6) is 0 Å². The minimum atomic E-state index is 0.122. The first-order valence-electron chi connectivity index (χ1n) is 11.5. The van der Waals surface area contributed by atoms with E-state index in [-0.39, 0.29) is 5.92 Å². The Morgan fingerprint density at radius 3 is 2.22 bits per heavy atom. The summed E-state index contributed by atoms with van der Waals surface area (Å²) in [6.45, 7) is 5.80. The number of amides is 1. The van der Waals surface area contributed by atoms with Crippen molar-refractivity contribution >= 4 is 11.6 Å². The van der Waals surface area contributed by atoms with Crippen molar-refractivity contribution in [1.82, 2.24) is 19.9 Å². The van der Waals surface area contributed by atoms with E-state index in [1.54, 1.807) is 0 Å². The Balaban J connectivity index is 1.09. The summed E-state index contributed by atoms with van der Waals surface area (Å²) in [4.78, 5) is 24.3. The SMILES string of the molecule is O=C(C1CCN(Cc2nc(-c3ccccc3)no2)CC1)N1CCN(c2ccccc2)CC1. The first kappa shape index (κ1) is 20.7. The third kappa shape index (κ3) is 4.67. The number of rotatable bonds is 5. The van der Waals surface area contributed by atoms with Gasteiger partial charge in [0.05, 0.1) is 6.54 Å². The van der Waals surface area contributed by atoms with Gasteiger partial charge in [0.2, 0.25) is 17.6 Å². The molecular formula is C25H29N5O2. The molecule has 2 aliphatic rings. The number of carbonyl (C=O) groups is 1. The molecule has 3 aromatic rings. The van der Waals surface area contributed by atoms with E-state index in [0.717, 1.165) is 57.7 Å². The highest BCUT2D eigenvalue weighted by molar-refractivity contribution is 5.79. The van der Waals surface area contributed by atoms with Crippen LogP contribution in [-0.2, 0) is 11.3 Å². The van der Waals surface area contributed by atoms with Crippen molar-refractivity contribution in [2.45, 2.75) is 19.4 Å². The Morgan fingerprint density at radius 1 is 0.875 bits per heavy atom. The standard InChI is InChI=1S/C25H29N5O2/c31-25(30-17-15-29(16-18-30)22-9-5-2-6-10-22)21-11-13-28(14-12-21)19-23-26-24(27-32-23)20-7-3-1-4-8-20/h1-10,21H,11-19H2. The third-order valence-corrected chi connectivity index (χ3v) is 6.51. The van der Waals surface area contributed by atoms with Crippen LogP contribution in [0.15, 0.2) is 65.2 Å². The Bertz CT molecular complexity index is 1010. The van der Waals surface area contributed by atoms with Crippen molar-refractivity contribution in [3.63, 3.8) is 0 Å². The Labute approximate surface area is 188 Å². The fraction of sp³-hybridized carbons (Fsp3) is 0.400. The zero-order chi connectivity index (χ0) is 21.8. The maximum absolute atomic E-state index is 13.1. The molecule has 0 bridgehead atoms. The van der Waals surface area contributed by atoms with Gasteiger partial charge in [-0.05, 0) is 38.1 Å². The number of piperidine rings is 1. The number of nitrogens with zero attached hydrogens (tertiary/aromatic N) is 5. The Kier molecular flexibility index (Phi) is 6.16. The van der Waals surface area contributed by atoms with Crippen molar-refractivity contribution < 1.29 is 9.32 Å². The summed E-state index contributed by atoms with van der Waals surface area (Å²) in [5.74, 6) is 1.70. The first-order chi connectivity index (χ1) is 15.8. The second-order valence-corrected chi connectivity index (χ2v) is 8.58. The highest BCUT2D eigenvalue weighted by Crippen LogP contribution is 2.23. The predicted octanol–water partition coefficient (Wildman–Crippen LogP) is 3.30. The van der Waals surface area contributed by atoms with Gasteiger partial charge in [-0.2, -0.15) is 4.98 Å². The number of hydrogen-bond donors (Lipinski definition) is 0. The van der Waals surface area contributed by atoms with Crippen molar-refractivity contribution in [2.75, 3.05) is 44.2 Å². The molecule has 166 valence electrons. The minimum Gasteiger partial charge on any atom is -0.368 e. The summed E-state index contributed by atoms with van der Waals surface area (Å²) in [6, 6.07) is 20.3. The molecule has 1 aromatic heterocycles. The van der Waals surface area contributed by atoms with Crippen LogP contribution in [0.1, 0.15) is 18.7 Å². The molecule has 32 heavy (non-hydrogen) atoms. The molecule has 2 saturated heterocycles. The van der Waals surface area contributed by atoms with Gasteiger partial charge in [0.1, 0.15) is 0 Å². The summed E-state index contributed by atoms with van der Waals surface area (Å²) in [6.07, 6.45) is 1.77. The molecule has 2 aliphatic heterocycles. The van der Waals surface area contributed by atoms with Gasteiger partial charge in [-0.1, -0.05) is 53.7 Å². The van der Waals surface area contributed by atoms with E-state index in [0.29, 0.717) is 24.2 Å². The molecule has 0 spiro atoms. The molecule has 0 N–H and O–H groups in total. The molecule has 0 aliphatic carbocycles. The van der Waals surface area contributed by atoms with Crippen LogP contribution in [0.3, 0.4) is 0 Å². The van der Waals surface area contributed by atoms with E-state index in [1.165, 1.54) is 5.69 Å². The molecule has 2 aromatic carbocycles. The van der Waals surface area contributed by atoms with Crippen molar-refractivity contribution in [3.8, 4) is 11.4 Å². The van der Waals surface area contributed by atoms with Crippen molar-refractivity contribution in [3.05, 3.63) is 66.6 Å². The number of likely N-dealkylation sites (tertiary alicyclic amines) is 1. The molecule has 0 unspecified atom stereocenters. The number of hydrogen-bond acceptors (Lipinski definition) is 6. The van der Waals surface area contributed by atoms with Crippen LogP contribution < -0.4 is 4.90 Å². The smallest absolute Gasteiger partial charge is 0.241 e. The average Bonchev–Trinajstić information content (AvgIpc) is 3.34. The van der Waals surface area contributed by atoms with Gasteiger partial charge in [-0.15, -0.1) is 0 Å². The third-order valence-electron chi connectivity index (χ3n) is 6.51. The lowest BCUT2D eigenvalue weighted by Crippen LogP contribution is -2.51. The van der Waals surface area contributed by atoms with Gasteiger partial charge in [0, 0.05) is 43.3 Å². The van der Waals surface area contributed by atoms with Crippen LogP contribution in [0.25, 0.3) is 11.4 Å². The number of benzene rings is 2. The van der Waals surface area contributed by atoms with E-state index in [9.17, 15) is 4.79 Å². The van der Waals surface area contributed by atoms with Crippen LogP contribution in [0, 0.1) is 5.92 Å². The summed E-state index contributed by atoms with van der Waals surface area (Å²) in [5, 5.41) is 4.11. The first-order valence-corrected chi connectivity index (χ1v) is 11.5. The number of piperazine rings is 1. The molecule has 3 heterocycles. The van der Waals surface area contributed by atoms with Gasteiger partial charge in [-0.3, -0.25) is 9.69 Å². The zero-order valence-corrected chi connectivity index (χ0v) is 18.3. The molecule has 7 heteroatoms. The Hall–Kier alpha value is -3.19. The fourth-order valence-corrected chi connectivity index (χ4v) is 4.63. The summed E-state index contributed by atoms with van der Waals surface area (Å²) in [7, 11) is 0. The van der Waals surface area contributed by atoms with E-state index >= 15 is 0 Å². The molecule has 0 atom stereocenters. The lowest BCUT2D eigenvalue weighted by Gasteiger charge is -2.39. The van der Waals surface area contributed by atoms with E-state index in [4.69, 9.17) is 4.52 Å². The molecule has 7 nitrogen and oxygen atoms in total. The molecule has 2 fully saturated rings. The van der Waals surface area contributed by atoms with Gasteiger partial charge in [-0.25, -0.2) is 0 Å². The lowest BCUT2D eigenvalue weighted by atomic mass is 9.95. The van der Waals surface area contributed by atoms with Gasteiger partial charge >= 0.3 is 0 Å². The second-order valence-electron chi connectivity index (χ2n) is 8.58. The summed E-state index contributed by atoms with van der Waals surface area (Å²) < 4.78 is 5.46. The van der Waals surface area contributed by atoms with E-state index in [2.05, 4.69) is 49.1 Å². The highest BCUT2D eigenvalue weighted by atomic mass is 16.5. The summed E-state index contributed by atoms with van der Waals surface area (Å²) in [5.41, 5.74) is 2.20. The number of para-hydroxylation sites is 1. The lowest BCUT2D eigenvalue weighted by molar-refractivity contribution is -0.137. The van der Waals surface area contributed by atoms with E-state index < -0.39 is 0 Å². The van der Waals surface area contributed by atoms with Crippen molar-refractivity contribution in [1.29, 1.82) is 0 Å². The highest BCUT2D eigenvalue weighted by Gasteiger charge is 2.31. The fourth-order valence-electron chi connectivity index (χ4n) is 4.63. The normalized spacial score (nSPS) is 18.1.